The molecule has 2 aliphatic rings. The maximum absolute atomic E-state index is 12.4. The monoisotopic (exact) mass is 281 g/mol. The van der Waals surface area contributed by atoms with Gasteiger partial charge in [0.15, 0.2) is 6.10 Å². The second kappa shape index (κ2) is 5.02. The van der Waals surface area contributed by atoms with E-state index in [1.807, 2.05) is 6.07 Å². The number of fused-ring (bicyclic) bond motifs is 1. The van der Waals surface area contributed by atoms with Gasteiger partial charge in [0.05, 0.1) is 12.6 Å². The van der Waals surface area contributed by atoms with Crippen molar-refractivity contribution >= 4 is 17.5 Å². The van der Waals surface area contributed by atoms with Gasteiger partial charge in [-0.2, -0.15) is 0 Å². The Hall–Kier alpha value is -1.26. The number of carbonyl (C=O) groups is 1. The number of nitrogens with zero attached hydrogens (tertiary/aromatic N) is 1. The maximum Gasteiger partial charge on any atom is 0.264 e. The summed E-state index contributed by atoms with van der Waals surface area (Å²) in [6, 6.07) is 5.36. The number of hydrogen-bond acceptors (Lipinski definition) is 3. The number of likely N-dealkylation sites (tertiary alicyclic amines) is 1. The Morgan fingerprint density at radius 1 is 1.53 bits per heavy atom. The molecule has 1 amide bonds. The Bertz CT molecular complexity index is 505. The van der Waals surface area contributed by atoms with E-state index in [2.05, 4.69) is 0 Å². The summed E-state index contributed by atoms with van der Waals surface area (Å²) in [6.07, 6.45) is 1.90. The van der Waals surface area contributed by atoms with Crippen molar-refractivity contribution in [3.63, 3.8) is 0 Å². The van der Waals surface area contributed by atoms with Crippen molar-refractivity contribution in [1.82, 2.24) is 4.90 Å². The first kappa shape index (κ1) is 12.8. The maximum atomic E-state index is 12.4. The third kappa shape index (κ3) is 2.30. The summed E-state index contributed by atoms with van der Waals surface area (Å²) in [5.74, 6) is 0.714. The fourth-order valence-electron chi connectivity index (χ4n) is 2.86. The Morgan fingerprint density at radius 2 is 2.37 bits per heavy atom. The van der Waals surface area contributed by atoms with Gasteiger partial charge in [-0.05, 0) is 36.6 Å². The summed E-state index contributed by atoms with van der Waals surface area (Å²) >= 11 is 5.94. The summed E-state index contributed by atoms with van der Waals surface area (Å²) in [6.45, 7) is 0.734. The van der Waals surface area contributed by atoms with Gasteiger partial charge in [0.2, 0.25) is 0 Å². The summed E-state index contributed by atoms with van der Waals surface area (Å²) in [7, 11) is 0. The zero-order valence-electron chi connectivity index (χ0n) is 10.5. The smallest absolute Gasteiger partial charge is 0.264 e. The minimum Gasteiger partial charge on any atom is -0.480 e. The highest BCUT2D eigenvalue weighted by molar-refractivity contribution is 6.30. The van der Waals surface area contributed by atoms with Crippen LogP contribution in [0.5, 0.6) is 5.75 Å². The lowest BCUT2D eigenvalue weighted by Gasteiger charge is -2.25. The zero-order chi connectivity index (χ0) is 13.4. The van der Waals surface area contributed by atoms with Crippen LogP contribution in [0.25, 0.3) is 0 Å². The molecular weight excluding hydrogens is 266 g/mol. The molecule has 3 rings (SSSR count). The molecule has 0 aliphatic carbocycles. The summed E-state index contributed by atoms with van der Waals surface area (Å²) in [5, 5.41) is 9.94. The fourth-order valence-corrected chi connectivity index (χ4v) is 3.05. The highest BCUT2D eigenvalue weighted by atomic mass is 35.5. The lowest BCUT2D eigenvalue weighted by Crippen LogP contribution is -2.45. The van der Waals surface area contributed by atoms with Crippen molar-refractivity contribution in [3.05, 3.63) is 28.8 Å². The molecule has 0 saturated carbocycles. The van der Waals surface area contributed by atoms with Gasteiger partial charge < -0.3 is 14.7 Å². The summed E-state index contributed by atoms with van der Waals surface area (Å²) in [5.41, 5.74) is 0.977. The van der Waals surface area contributed by atoms with Crippen molar-refractivity contribution in [2.24, 2.45) is 0 Å². The van der Waals surface area contributed by atoms with E-state index in [4.69, 9.17) is 16.3 Å². The van der Waals surface area contributed by atoms with E-state index in [9.17, 15) is 9.90 Å². The van der Waals surface area contributed by atoms with Crippen LogP contribution in [0.3, 0.4) is 0 Å². The molecule has 1 aromatic rings. The van der Waals surface area contributed by atoms with Crippen LogP contribution in [0.1, 0.15) is 18.4 Å². The lowest BCUT2D eigenvalue weighted by molar-refractivity contribution is -0.139. The summed E-state index contributed by atoms with van der Waals surface area (Å²) < 4.78 is 5.70. The van der Waals surface area contributed by atoms with E-state index in [1.54, 1.807) is 17.0 Å². The molecule has 1 aromatic carbocycles. The molecule has 4 nitrogen and oxygen atoms in total. The third-order valence-electron chi connectivity index (χ3n) is 3.84. The van der Waals surface area contributed by atoms with E-state index < -0.39 is 6.10 Å². The lowest BCUT2D eigenvalue weighted by atomic mass is 10.1. The average Bonchev–Trinajstić information content (AvgIpc) is 3.03. The molecule has 1 saturated heterocycles. The van der Waals surface area contributed by atoms with Crippen molar-refractivity contribution in [3.8, 4) is 5.75 Å². The Labute approximate surface area is 116 Å². The van der Waals surface area contributed by atoms with Crippen LogP contribution >= 0.6 is 11.6 Å². The summed E-state index contributed by atoms with van der Waals surface area (Å²) in [4.78, 5) is 14.2. The van der Waals surface area contributed by atoms with Gasteiger partial charge in [-0.25, -0.2) is 0 Å². The Kier molecular flexibility index (Phi) is 3.37. The van der Waals surface area contributed by atoms with Crippen LogP contribution in [0.2, 0.25) is 5.02 Å². The average molecular weight is 282 g/mol. The van der Waals surface area contributed by atoms with E-state index in [1.165, 1.54) is 0 Å². The number of ether oxygens (including phenoxy) is 1. The molecule has 1 N–H and O–H groups in total. The zero-order valence-corrected chi connectivity index (χ0v) is 11.3. The minimum atomic E-state index is -0.472. The van der Waals surface area contributed by atoms with Crippen LogP contribution in [-0.4, -0.2) is 41.2 Å². The van der Waals surface area contributed by atoms with Crippen molar-refractivity contribution < 1.29 is 14.6 Å². The number of carbonyl (C=O) groups excluding carboxylic acids is 1. The molecule has 2 atom stereocenters. The number of rotatable bonds is 2. The molecule has 1 fully saturated rings. The first-order chi connectivity index (χ1) is 9.19. The van der Waals surface area contributed by atoms with E-state index in [0.29, 0.717) is 18.0 Å². The topological polar surface area (TPSA) is 49.8 Å². The second-order valence-electron chi connectivity index (χ2n) is 5.07. The molecular formula is C14H16ClNO3. The molecule has 2 heterocycles. The highest BCUT2D eigenvalue weighted by Gasteiger charge is 2.37. The van der Waals surface area contributed by atoms with Gasteiger partial charge in [0.1, 0.15) is 5.75 Å². The number of hydrogen-bond donors (Lipinski definition) is 1. The number of halogens is 1. The molecule has 0 aromatic heterocycles. The normalized spacial score (nSPS) is 25.3. The SMILES string of the molecule is O=C(C1Cc2cc(Cl)ccc2O1)N1CCCC1CO. The molecule has 0 spiro atoms. The number of aliphatic hydroxyl groups is 1. The predicted octanol–water partition coefficient (Wildman–Crippen LogP) is 1.63. The van der Waals surface area contributed by atoms with E-state index in [0.717, 1.165) is 24.2 Å². The second-order valence-corrected chi connectivity index (χ2v) is 5.51. The number of aliphatic hydroxyl groups excluding tert-OH is 1. The molecule has 0 radical (unpaired) electrons. The largest absolute Gasteiger partial charge is 0.480 e. The van der Waals surface area contributed by atoms with Gasteiger partial charge in [-0.1, -0.05) is 11.6 Å². The van der Waals surface area contributed by atoms with Crippen LogP contribution < -0.4 is 4.74 Å². The Balaban J connectivity index is 1.74. The fraction of sp³-hybridized carbons (Fsp3) is 0.500. The van der Waals surface area contributed by atoms with Crippen molar-refractivity contribution in [1.29, 1.82) is 0 Å². The highest BCUT2D eigenvalue weighted by Crippen LogP contribution is 2.32. The van der Waals surface area contributed by atoms with Gasteiger partial charge >= 0.3 is 0 Å². The first-order valence-corrected chi connectivity index (χ1v) is 6.93. The van der Waals surface area contributed by atoms with Gasteiger partial charge in [-0.15, -0.1) is 0 Å². The van der Waals surface area contributed by atoms with E-state index >= 15 is 0 Å². The number of benzene rings is 1. The van der Waals surface area contributed by atoms with Crippen LogP contribution in [0.15, 0.2) is 18.2 Å². The molecule has 2 unspecified atom stereocenters. The van der Waals surface area contributed by atoms with Crippen LogP contribution in [-0.2, 0) is 11.2 Å². The van der Waals surface area contributed by atoms with Crippen LogP contribution in [0.4, 0.5) is 0 Å². The molecule has 19 heavy (non-hydrogen) atoms. The van der Waals surface area contributed by atoms with Gasteiger partial charge in [0, 0.05) is 18.0 Å². The number of amides is 1. The van der Waals surface area contributed by atoms with Gasteiger partial charge in [0.25, 0.3) is 5.91 Å². The third-order valence-corrected chi connectivity index (χ3v) is 4.08. The van der Waals surface area contributed by atoms with E-state index in [-0.39, 0.29) is 18.6 Å². The molecule has 5 heteroatoms. The minimum absolute atomic E-state index is 0.0242. The quantitative estimate of drug-likeness (QED) is 0.896. The van der Waals surface area contributed by atoms with Crippen LogP contribution in [0, 0.1) is 0 Å². The van der Waals surface area contributed by atoms with Crippen molar-refractivity contribution in [2.75, 3.05) is 13.2 Å². The first-order valence-electron chi connectivity index (χ1n) is 6.55. The predicted molar refractivity (Wildman–Crippen MR) is 71.4 cm³/mol. The van der Waals surface area contributed by atoms with Crippen molar-refractivity contribution in [2.45, 2.75) is 31.4 Å². The molecule has 0 bridgehead atoms. The molecule has 2 aliphatic heterocycles. The van der Waals surface area contributed by atoms with Gasteiger partial charge in [-0.3, -0.25) is 4.79 Å². The molecule has 102 valence electrons. The standard InChI is InChI=1S/C14H16ClNO3/c15-10-3-4-12-9(6-10)7-13(19-12)14(18)16-5-1-2-11(16)8-17/h3-4,6,11,13,17H,1-2,5,7-8H2. The Morgan fingerprint density at radius 3 is 3.16 bits per heavy atom.